The molecule has 0 spiro atoms. The molecular formula is C17H18N6O3S. The van der Waals surface area contributed by atoms with E-state index in [1.54, 1.807) is 7.11 Å². The van der Waals surface area contributed by atoms with Crippen LogP contribution in [0, 0.1) is 0 Å². The number of thioether (sulfide) groups is 1. The van der Waals surface area contributed by atoms with Gasteiger partial charge in [0.1, 0.15) is 17.3 Å². The molecular weight excluding hydrogens is 368 g/mol. The van der Waals surface area contributed by atoms with Crippen molar-refractivity contribution in [3.05, 3.63) is 57.8 Å². The number of benzene rings is 1. The van der Waals surface area contributed by atoms with Crippen molar-refractivity contribution in [3.63, 3.8) is 0 Å². The van der Waals surface area contributed by atoms with E-state index in [1.165, 1.54) is 11.8 Å². The van der Waals surface area contributed by atoms with Gasteiger partial charge in [-0.05, 0) is 23.4 Å². The molecule has 3 rings (SSSR count). The Morgan fingerprint density at radius 3 is 2.74 bits per heavy atom. The first kappa shape index (κ1) is 18.6. The molecule has 0 saturated heterocycles. The number of H-pyrrole nitrogens is 2. The number of carbonyl (C=O) groups is 1. The lowest BCUT2D eigenvalue weighted by Gasteiger charge is -2.05. The lowest BCUT2D eigenvalue weighted by molar-refractivity contribution is 0.102. The summed E-state index contributed by atoms with van der Waals surface area (Å²) < 4.78 is 5.12. The largest absolute Gasteiger partial charge is 0.497 e. The van der Waals surface area contributed by atoms with Crippen molar-refractivity contribution < 1.29 is 9.53 Å². The molecule has 140 valence electrons. The van der Waals surface area contributed by atoms with Crippen LogP contribution in [-0.2, 0) is 6.42 Å². The second kappa shape index (κ2) is 8.49. The number of amides is 1. The summed E-state index contributed by atoms with van der Waals surface area (Å²) in [5, 5.41) is 9.69. The topological polar surface area (TPSA) is 126 Å². The number of anilines is 1. The average molecular weight is 386 g/mol. The number of nitrogens with zero attached hydrogens (tertiary/aromatic N) is 3. The summed E-state index contributed by atoms with van der Waals surface area (Å²) in [5.74, 6) is 1.60. The highest BCUT2D eigenvalue weighted by Crippen LogP contribution is 2.14. The third-order valence-electron chi connectivity index (χ3n) is 3.52. The summed E-state index contributed by atoms with van der Waals surface area (Å²) in [6.07, 6.45) is 0.375. The van der Waals surface area contributed by atoms with Crippen LogP contribution in [0.3, 0.4) is 0 Å². The molecule has 0 saturated carbocycles. The summed E-state index contributed by atoms with van der Waals surface area (Å²) in [6.45, 7) is 1.98. The molecule has 0 aliphatic rings. The number of hydrogen-bond donors (Lipinski definition) is 3. The normalized spacial score (nSPS) is 10.6. The number of carbonyl (C=O) groups excluding carboxylic acids is 1. The molecule has 10 heteroatoms. The Labute approximate surface area is 159 Å². The Morgan fingerprint density at radius 1 is 1.26 bits per heavy atom. The van der Waals surface area contributed by atoms with E-state index in [2.05, 4.69) is 30.5 Å². The first-order valence-electron chi connectivity index (χ1n) is 8.17. The maximum atomic E-state index is 12.4. The minimum atomic E-state index is -0.540. The number of hydrogen-bond acceptors (Lipinski definition) is 7. The third-order valence-corrected chi connectivity index (χ3v) is 4.25. The van der Waals surface area contributed by atoms with Crippen LogP contribution in [0.15, 0.2) is 40.3 Å². The smallest absolute Gasteiger partial charge is 0.276 e. The molecule has 1 amide bonds. The Hall–Kier alpha value is -3.14. The highest BCUT2D eigenvalue weighted by molar-refractivity contribution is 7.99. The zero-order chi connectivity index (χ0) is 19.2. The molecule has 0 fully saturated rings. The minimum Gasteiger partial charge on any atom is -0.497 e. The summed E-state index contributed by atoms with van der Waals surface area (Å²) in [7, 11) is 1.59. The third kappa shape index (κ3) is 4.94. The Balaban J connectivity index is 1.75. The van der Waals surface area contributed by atoms with E-state index in [0.29, 0.717) is 17.4 Å². The minimum absolute atomic E-state index is 0.00311. The summed E-state index contributed by atoms with van der Waals surface area (Å²) in [4.78, 5) is 35.3. The fraction of sp³-hybridized carbons (Fsp3) is 0.235. The van der Waals surface area contributed by atoms with Gasteiger partial charge in [-0.15, -0.1) is 5.10 Å². The molecule has 0 atom stereocenters. The summed E-state index contributed by atoms with van der Waals surface area (Å²) in [5.41, 5.74) is 0.523. The van der Waals surface area contributed by atoms with Crippen molar-refractivity contribution in [2.75, 3.05) is 18.2 Å². The van der Waals surface area contributed by atoms with E-state index in [-0.39, 0.29) is 11.6 Å². The van der Waals surface area contributed by atoms with Crippen molar-refractivity contribution in [2.45, 2.75) is 18.5 Å². The maximum absolute atomic E-state index is 12.4. The zero-order valence-electron chi connectivity index (χ0n) is 14.8. The van der Waals surface area contributed by atoms with Crippen LogP contribution in [0.1, 0.15) is 28.8 Å². The number of methoxy groups -OCH3 is 1. The average Bonchev–Trinajstić information content (AvgIpc) is 3.09. The molecule has 0 bridgehead atoms. The number of rotatable bonds is 7. The molecule has 0 aliphatic heterocycles. The number of aromatic nitrogens is 5. The molecule has 2 aromatic heterocycles. The second-order valence-electron chi connectivity index (χ2n) is 5.46. The van der Waals surface area contributed by atoms with Crippen LogP contribution in [0.5, 0.6) is 5.75 Å². The van der Waals surface area contributed by atoms with Gasteiger partial charge in [0, 0.05) is 12.5 Å². The van der Waals surface area contributed by atoms with E-state index in [0.717, 1.165) is 23.1 Å². The van der Waals surface area contributed by atoms with Gasteiger partial charge in [0.2, 0.25) is 11.1 Å². The van der Waals surface area contributed by atoms with Gasteiger partial charge in [0.25, 0.3) is 11.5 Å². The molecule has 0 unspecified atom stereocenters. The van der Waals surface area contributed by atoms with E-state index in [4.69, 9.17) is 4.74 Å². The van der Waals surface area contributed by atoms with Crippen molar-refractivity contribution >= 4 is 23.6 Å². The fourth-order valence-electron chi connectivity index (χ4n) is 2.31. The zero-order valence-corrected chi connectivity index (χ0v) is 15.6. The first-order chi connectivity index (χ1) is 13.1. The summed E-state index contributed by atoms with van der Waals surface area (Å²) in [6, 6.07) is 8.52. The van der Waals surface area contributed by atoms with Crippen LogP contribution in [0.2, 0.25) is 0 Å². The van der Waals surface area contributed by atoms with E-state index >= 15 is 0 Å². The molecule has 27 heavy (non-hydrogen) atoms. The second-order valence-corrected chi connectivity index (χ2v) is 6.69. The maximum Gasteiger partial charge on any atom is 0.276 e. The number of ether oxygens (including phenoxy) is 1. The highest BCUT2D eigenvalue weighted by atomic mass is 32.2. The molecule has 0 aliphatic carbocycles. The Bertz CT molecular complexity index is 983. The van der Waals surface area contributed by atoms with Crippen LogP contribution < -0.4 is 15.6 Å². The molecule has 3 aromatic rings. The van der Waals surface area contributed by atoms with E-state index < -0.39 is 11.5 Å². The van der Waals surface area contributed by atoms with Crippen LogP contribution >= 0.6 is 11.8 Å². The molecule has 2 heterocycles. The van der Waals surface area contributed by atoms with Gasteiger partial charge in [0.15, 0.2) is 0 Å². The lowest BCUT2D eigenvalue weighted by atomic mass is 10.1. The molecule has 1 aromatic carbocycles. The quantitative estimate of drug-likeness (QED) is 0.529. The first-order valence-corrected chi connectivity index (χ1v) is 9.15. The standard InChI is InChI=1S/C17H18N6O3S/c1-3-27-17-21-16(22-23-17)20-15(25)12-9-14(24)19-13(18-12)8-10-4-6-11(26-2)7-5-10/h4-7,9H,3,8H2,1-2H3,(H,18,19,24)(H2,20,21,22,23,25). The monoisotopic (exact) mass is 386 g/mol. The van der Waals surface area contributed by atoms with Gasteiger partial charge >= 0.3 is 0 Å². The fourth-order valence-corrected chi connectivity index (χ4v) is 2.84. The predicted molar refractivity (Wildman–Crippen MR) is 101 cm³/mol. The van der Waals surface area contributed by atoms with Gasteiger partial charge in [-0.2, -0.15) is 4.98 Å². The van der Waals surface area contributed by atoms with Gasteiger partial charge in [-0.25, -0.2) is 10.1 Å². The summed E-state index contributed by atoms with van der Waals surface area (Å²) >= 11 is 1.44. The number of aromatic amines is 2. The van der Waals surface area contributed by atoms with Gasteiger partial charge in [0.05, 0.1) is 7.11 Å². The van der Waals surface area contributed by atoms with Gasteiger partial charge < -0.3 is 9.72 Å². The van der Waals surface area contributed by atoms with Crippen LogP contribution in [0.4, 0.5) is 5.95 Å². The molecule has 0 radical (unpaired) electrons. The van der Waals surface area contributed by atoms with Crippen molar-refractivity contribution in [1.29, 1.82) is 0 Å². The van der Waals surface area contributed by atoms with Crippen LogP contribution in [-0.4, -0.2) is 43.9 Å². The van der Waals surface area contributed by atoms with Crippen molar-refractivity contribution in [3.8, 4) is 5.75 Å². The van der Waals surface area contributed by atoms with E-state index in [9.17, 15) is 9.59 Å². The SMILES string of the molecule is CCSc1n[nH]c(NC(=O)c2cc(=O)[nH]c(Cc3ccc(OC)cc3)n2)n1. The van der Waals surface area contributed by atoms with Gasteiger partial charge in [-0.3, -0.25) is 14.9 Å². The molecule has 3 N–H and O–H groups in total. The Morgan fingerprint density at radius 2 is 2.04 bits per heavy atom. The lowest BCUT2D eigenvalue weighted by Crippen LogP contribution is -2.21. The number of nitrogens with one attached hydrogen (secondary N) is 3. The van der Waals surface area contributed by atoms with Gasteiger partial charge in [-0.1, -0.05) is 30.8 Å². The van der Waals surface area contributed by atoms with Crippen molar-refractivity contribution in [1.82, 2.24) is 25.1 Å². The predicted octanol–water partition coefficient (Wildman–Crippen LogP) is 1.85. The molecule has 9 nitrogen and oxygen atoms in total. The highest BCUT2D eigenvalue weighted by Gasteiger charge is 2.13. The van der Waals surface area contributed by atoms with Crippen LogP contribution in [0.25, 0.3) is 0 Å². The van der Waals surface area contributed by atoms with E-state index in [1.807, 2.05) is 31.2 Å². The Kier molecular flexibility index (Phi) is 5.87. The van der Waals surface area contributed by atoms with Crippen molar-refractivity contribution in [2.24, 2.45) is 0 Å².